The summed E-state index contributed by atoms with van der Waals surface area (Å²) in [6.07, 6.45) is -1.04. The third kappa shape index (κ3) is 9.29. The predicted octanol–water partition coefficient (Wildman–Crippen LogP) is 3.92. The van der Waals surface area contributed by atoms with E-state index in [-0.39, 0.29) is 32.3 Å². The fourth-order valence-corrected chi connectivity index (χ4v) is 4.04. The van der Waals surface area contributed by atoms with E-state index in [2.05, 4.69) is 21.9 Å². The molecular formula is C27H34N4O6. The summed E-state index contributed by atoms with van der Waals surface area (Å²) in [7, 11) is 0. The first-order chi connectivity index (χ1) is 18.1. The van der Waals surface area contributed by atoms with E-state index >= 15 is 0 Å². The van der Waals surface area contributed by atoms with Gasteiger partial charge in [0.05, 0.1) is 33.0 Å². The van der Waals surface area contributed by atoms with Crippen molar-refractivity contribution in [3.05, 3.63) is 94.9 Å². The molecule has 198 valence electrons. The molecule has 10 heteroatoms. The van der Waals surface area contributed by atoms with Crippen molar-refractivity contribution in [2.24, 2.45) is 5.11 Å². The van der Waals surface area contributed by atoms with Gasteiger partial charge in [0.15, 0.2) is 6.29 Å². The van der Waals surface area contributed by atoms with Crippen LogP contribution in [0, 0.1) is 0 Å². The van der Waals surface area contributed by atoms with Crippen molar-refractivity contribution in [2.45, 2.75) is 50.8 Å². The third-order valence-electron chi connectivity index (χ3n) is 5.64. The molecule has 0 aromatic heterocycles. The molecule has 2 aromatic rings. The van der Waals surface area contributed by atoms with Gasteiger partial charge >= 0.3 is 0 Å². The maximum atomic E-state index is 12.1. The molecule has 1 amide bonds. The Morgan fingerprint density at radius 3 is 2.35 bits per heavy atom. The highest BCUT2D eigenvalue weighted by atomic mass is 16.7. The molecule has 1 saturated heterocycles. The Bertz CT molecular complexity index is 1000. The number of carbonyl (C=O) groups is 1. The van der Waals surface area contributed by atoms with Crippen LogP contribution in [0.3, 0.4) is 0 Å². The number of hydrogen-bond acceptors (Lipinski definition) is 7. The fourth-order valence-electron chi connectivity index (χ4n) is 4.04. The van der Waals surface area contributed by atoms with E-state index in [0.717, 1.165) is 11.1 Å². The summed E-state index contributed by atoms with van der Waals surface area (Å²) < 4.78 is 30.7. The lowest BCUT2D eigenvalue weighted by atomic mass is 9.96. The minimum Gasteiger partial charge on any atom is -0.374 e. The van der Waals surface area contributed by atoms with Gasteiger partial charge in [0.1, 0.15) is 24.4 Å². The zero-order valence-corrected chi connectivity index (χ0v) is 21.0. The average molecular weight is 511 g/mol. The summed E-state index contributed by atoms with van der Waals surface area (Å²) in [4.78, 5) is 14.9. The van der Waals surface area contributed by atoms with Gasteiger partial charge in [-0.05, 0) is 16.7 Å². The lowest BCUT2D eigenvalue weighted by Gasteiger charge is -2.46. The van der Waals surface area contributed by atoms with Crippen molar-refractivity contribution in [1.29, 1.82) is 0 Å². The van der Waals surface area contributed by atoms with Crippen LogP contribution in [0.2, 0.25) is 0 Å². The number of rotatable bonds is 15. The Morgan fingerprint density at radius 2 is 1.73 bits per heavy atom. The van der Waals surface area contributed by atoms with Crippen molar-refractivity contribution >= 4 is 5.91 Å². The van der Waals surface area contributed by atoms with Crippen molar-refractivity contribution in [3.8, 4) is 0 Å². The molecule has 0 radical (unpaired) electrons. The van der Waals surface area contributed by atoms with Crippen LogP contribution in [0.25, 0.3) is 10.4 Å². The Kier molecular flexibility index (Phi) is 12.1. The number of azide groups is 1. The highest BCUT2D eigenvalue weighted by Crippen LogP contribution is 2.28. The second kappa shape index (κ2) is 15.8. The predicted molar refractivity (Wildman–Crippen MR) is 137 cm³/mol. The van der Waals surface area contributed by atoms with Crippen molar-refractivity contribution in [2.75, 3.05) is 26.4 Å². The maximum absolute atomic E-state index is 12.1. The van der Waals surface area contributed by atoms with Crippen molar-refractivity contribution in [1.82, 2.24) is 5.32 Å². The summed E-state index contributed by atoms with van der Waals surface area (Å²) in [6, 6.07) is 18.9. The highest BCUT2D eigenvalue weighted by Gasteiger charge is 2.48. The molecule has 0 aliphatic carbocycles. The number of hydrogen-bond donors (Lipinski definition) is 1. The van der Waals surface area contributed by atoms with Crippen LogP contribution in [0.1, 0.15) is 18.1 Å². The first-order valence-corrected chi connectivity index (χ1v) is 12.2. The first kappa shape index (κ1) is 28.3. The largest absolute Gasteiger partial charge is 0.374 e. The lowest BCUT2D eigenvalue weighted by Crippen LogP contribution is -2.66. The van der Waals surface area contributed by atoms with E-state index in [0.29, 0.717) is 13.2 Å². The van der Waals surface area contributed by atoms with Crippen LogP contribution in [-0.4, -0.2) is 62.9 Å². The van der Waals surface area contributed by atoms with E-state index in [1.807, 2.05) is 60.7 Å². The molecule has 0 unspecified atom stereocenters. The van der Waals surface area contributed by atoms with Crippen LogP contribution >= 0.6 is 0 Å². The summed E-state index contributed by atoms with van der Waals surface area (Å²) in [5.74, 6) is -0.273. The standard InChI is InChI=1S/C27H34N4O6/c1-3-15-34-26-24(30-20(2)32)27(35-16-14-29-31-28)37-23(19-33-17-21-10-6-4-7-11-21)25(26)36-18-22-12-8-5-9-13-22/h3-13,23-27H,1,14-19H2,2H3,(H,30,32)/t23-,24-,25-,26-,27-/m1/s1. The van der Waals surface area contributed by atoms with Gasteiger partial charge in [-0.1, -0.05) is 71.9 Å². The average Bonchev–Trinajstić information content (AvgIpc) is 2.91. The quantitative estimate of drug-likeness (QED) is 0.127. The van der Waals surface area contributed by atoms with E-state index in [9.17, 15) is 4.79 Å². The minimum absolute atomic E-state index is 0.103. The Morgan fingerprint density at radius 1 is 1.05 bits per heavy atom. The molecule has 5 atom stereocenters. The summed E-state index contributed by atoms with van der Waals surface area (Å²) in [6.45, 7) is 6.52. The molecule has 2 aromatic carbocycles. The zero-order valence-electron chi connectivity index (χ0n) is 21.0. The van der Waals surface area contributed by atoms with Crippen molar-refractivity contribution < 1.29 is 28.5 Å². The number of ether oxygens (including phenoxy) is 5. The molecular weight excluding hydrogens is 476 g/mol. The van der Waals surface area contributed by atoms with Gasteiger partial charge in [-0.3, -0.25) is 4.79 Å². The molecule has 3 rings (SSSR count). The van der Waals surface area contributed by atoms with Crippen LogP contribution < -0.4 is 5.32 Å². The monoisotopic (exact) mass is 510 g/mol. The zero-order chi connectivity index (χ0) is 26.3. The Labute approximate surface area is 217 Å². The Hall–Kier alpha value is -3.24. The molecule has 1 aliphatic rings. The second-order valence-corrected chi connectivity index (χ2v) is 8.44. The second-order valence-electron chi connectivity index (χ2n) is 8.44. The smallest absolute Gasteiger partial charge is 0.217 e. The molecule has 0 spiro atoms. The summed E-state index contributed by atoms with van der Waals surface area (Å²) >= 11 is 0. The maximum Gasteiger partial charge on any atom is 0.217 e. The number of benzene rings is 2. The molecule has 10 nitrogen and oxygen atoms in total. The number of amides is 1. The summed E-state index contributed by atoms with van der Waals surface area (Å²) in [5, 5.41) is 6.40. The summed E-state index contributed by atoms with van der Waals surface area (Å²) in [5.41, 5.74) is 10.6. The van der Waals surface area contributed by atoms with E-state index < -0.39 is 30.6 Å². The number of nitrogens with zero attached hydrogens (tertiary/aromatic N) is 3. The fraction of sp³-hybridized carbons (Fsp3) is 0.444. The van der Waals surface area contributed by atoms with E-state index in [4.69, 9.17) is 29.2 Å². The highest BCUT2D eigenvalue weighted by molar-refractivity contribution is 5.73. The molecule has 37 heavy (non-hydrogen) atoms. The normalized spacial score (nSPS) is 23.1. The van der Waals surface area contributed by atoms with Gasteiger partial charge in [-0.2, -0.15) is 0 Å². The van der Waals surface area contributed by atoms with Gasteiger partial charge in [0.2, 0.25) is 5.91 Å². The lowest BCUT2D eigenvalue weighted by molar-refractivity contribution is -0.287. The molecule has 0 saturated carbocycles. The SMILES string of the molecule is C=CCO[C@@H]1[C@@H](NC(C)=O)[C@H](OCCN=[N+]=[N-])O[C@H](COCc2ccccc2)[C@H]1OCc1ccccc1. The third-order valence-corrected chi connectivity index (χ3v) is 5.64. The van der Waals surface area contributed by atoms with Gasteiger partial charge in [0, 0.05) is 18.4 Å². The van der Waals surface area contributed by atoms with Gasteiger partial charge < -0.3 is 29.0 Å². The Balaban J connectivity index is 1.83. The molecule has 1 aliphatic heterocycles. The molecule has 1 fully saturated rings. The van der Waals surface area contributed by atoms with Crippen LogP contribution in [0.15, 0.2) is 78.4 Å². The molecule has 1 N–H and O–H groups in total. The van der Waals surface area contributed by atoms with Gasteiger partial charge in [-0.15, -0.1) is 6.58 Å². The van der Waals surface area contributed by atoms with Crippen LogP contribution in [-0.2, 0) is 41.7 Å². The topological polar surface area (TPSA) is 124 Å². The van der Waals surface area contributed by atoms with Gasteiger partial charge in [0.25, 0.3) is 0 Å². The minimum atomic E-state index is -0.880. The van der Waals surface area contributed by atoms with E-state index in [1.54, 1.807) is 6.08 Å². The number of nitrogens with one attached hydrogen (secondary N) is 1. The first-order valence-electron chi connectivity index (χ1n) is 12.2. The van der Waals surface area contributed by atoms with Gasteiger partial charge in [-0.25, -0.2) is 0 Å². The number of carbonyl (C=O) groups excluding carboxylic acids is 1. The molecule has 0 bridgehead atoms. The van der Waals surface area contributed by atoms with Crippen LogP contribution in [0.4, 0.5) is 0 Å². The molecule has 1 heterocycles. The van der Waals surface area contributed by atoms with Crippen molar-refractivity contribution in [3.63, 3.8) is 0 Å². The van der Waals surface area contributed by atoms with Crippen LogP contribution in [0.5, 0.6) is 0 Å². The van der Waals surface area contributed by atoms with E-state index in [1.165, 1.54) is 6.92 Å².